The van der Waals surface area contributed by atoms with E-state index in [9.17, 15) is 28.7 Å². The van der Waals surface area contributed by atoms with Crippen molar-refractivity contribution in [2.45, 2.75) is 32.0 Å². The Kier molecular flexibility index (Phi) is 6.12. The minimum absolute atomic E-state index is 0.0303. The zero-order valence-electron chi connectivity index (χ0n) is 15.8. The summed E-state index contributed by atoms with van der Waals surface area (Å²) < 4.78 is 24.2. The smallest absolute Gasteiger partial charge is 0.348 e. The van der Waals surface area contributed by atoms with Crippen LogP contribution >= 0.6 is 0 Å². The SMILES string of the molecule is CC(=O)OC(C(=O)O)C1OCCN(c2cc(F)cc(C(=O)N3CCCC3)c2)C1=O. The maximum atomic E-state index is 14.2. The Morgan fingerprint density at radius 1 is 1.21 bits per heavy atom. The second-order valence-corrected chi connectivity index (χ2v) is 6.85. The topological polar surface area (TPSA) is 113 Å². The van der Waals surface area contributed by atoms with Crippen LogP contribution in [0.5, 0.6) is 0 Å². The van der Waals surface area contributed by atoms with Crippen molar-refractivity contribution in [1.29, 1.82) is 0 Å². The van der Waals surface area contributed by atoms with Gasteiger partial charge in [0.05, 0.1) is 6.61 Å². The van der Waals surface area contributed by atoms with Crippen molar-refractivity contribution >= 4 is 29.4 Å². The van der Waals surface area contributed by atoms with E-state index in [-0.39, 0.29) is 30.3 Å². The fourth-order valence-corrected chi connectivity index (χ4v) is 3.46. The highest BCUT2D eigenvalue weighted by Crippen LogP contribution is 2.25. The molecule has 2 heterocycles. The number of amides is 2. The van der Waals surface area contributed by atoms with Crippen LogP contribution in [0.15, 0.2) is 18.2 Å². The highest BCUT2D eigenvalue weighted by molar-refractivity contribution is 6.02. The monoisotopic (exact) mass is 408 g/mol. The zero-order valence-corrected chi connectivity index (χ0v) is 15.8. The van der Waals surface area contributed by atoms with Gasteiger partial charge in [0.2, 0.25) is 6.10 Å². The van der Waals surface area contributed by atoms with Crippen molar-refractivity contribution in [2.75, 3.05) is 31.1 Å². The Hall–Kier alpha value is -3.01. The number of hydrogen-bond donors (Lipinski definition) is 1. The number of carbonyl (C=O) groups excluding carboxylic acids is 3. The van der Waals surface area contributed by atoms with Gasteiger partial charge in [-0.25, -0.2) is 9.18 Å². The molecule has 0 radical (unpaired) electrons. The first-order valence-corrected chi connectivity index (χ1v) is 9.21. The molecule has 2 aliphatic heterocycles. The van der Waals surface area contributed by atoms with Crippen molar-refractivity contribution in [3.63, 3.8) is 0 Å². The molecular formula is C19H21FN2O7. The number of rotatable bonds is 5. The predicted molar refractivity (Wildman–Crippen MR) is 96.8 cm³/mol. The van der Waals surface area contributed by atoms with Crippen LogP contribution in [0.1, 0.15) is 30.1 Å². The minimum atomic E-state index is -1.83. The Morgan fingerprint density at radius 2 is 1.90 bits per heavy atom. The number of anilines is 1. The second kappa shape index (κ2) is 8.56. The molecule has 9 nitrogen and oxygen atoms in total. The average molecular weight is 408 g/mol. The van der Waals surface area contributed by atoms with Gasteiger partial charge in [0.25, 0.3) is 11.8 Å². The van der Waals surface area contributed by atoms with Crippen molar-refractivity contribution in [3.8, 4) is 0 Å². The van der Waals surface area contributed by atoms with Gasteiger partial charge in [-0.15, -0.1) is 0 Å². The standard InChI is InChI=1S/C19H21FN2O7/c1-11(23)29-16(19(26)27)15-18(25)22(6-7-28-15)14-9-12(8-13(20)10-14)17(24)21-4-2-3-5-21/h8-10,15-16H,2-7H2,1H3,(H,26,27). The van der Waals surface area contributed by atoms with Crippen LogP contribution in [-0.2, 0) is 23.9 Å². The van der Waals surface area contributed by atoms with Crippen molar-refractivity contribution < 1.29 is 38.1 Å². The van der Waals surface area contributed by atoms with Crippen molar-refractivity contribution in [2.24, 2.45) is 0 Å². The summed E-state index contributed by atoms with van der Waals surface area (Å²) in [6.45, 7) is 2.18. The molecule has 2 amide bonds. The predicted octanol–water partition coefficient (Wildman–Crippen LogP) is 0.810. The summed E-state index contributed by atoms with van der Waals surface area (Å²) in [6.07, 6.45) is -1.65. The minimum Gasteiger partial charge on any atom is -0.478 e. The van der Waals surface area contributed by atoms with Crippen LogP contribution in [0.25, 0.3) is 0 Å². The van der Waals surface area contributed by atoms with E-state index in [2.05, 4.69) is 0 Å². The number of hydrogen-bond acceptors (Lipinski definition) is 6. The molecule has 10 heteroatoms. The number of ether oxygens (including phenoxy) is 2. The lowest BCUT2D eigenvalue weighted by atomic mass is 10.1. The molecule has 156 valence electrons. The normalized spacial score (nSPS) is 20.5. The molecule has 2 unspecified atom stereocenters. The first-order valence-electron chi connectivity index (χ1n) is 9.21. The van der Waals surface area contributed by atoms with Gasteiger partial charge >= 0.3 is 11.9 Å². The van der Waals surface area contributed by atoms with E-state index in [1.54, 1.807) is 4.90 Å². The molecule has 0 aliphatic carbocycles. The number of carboxylic acid groups (broad SMARTS) is 1. The lowest BCUT2D eigenvalue weighted by Gasteiger charge is -2.34. The second-order valence-electron chi connectivity index (χ2n) is 6.85. The van der Waals surface area contributed by atoms with Crippen LogP contribution in [0, 0.1) is 5.82 Å². The molecule has 2 fully saturated rings. The van der Waals surface area contributed by atoms with Gasteiger partial charge < -0.3 is 24.4 Å². The number of nitrogens with zero attached hydrogens (tertiary/aromatic N) is 2. The fourth-order valence-electron chi connectivity index (χ4n) is 3.46. The van der Waals surface area contributed by atoms with E-state index in [1.165, 1.54) is 6.07 Å². The Morgan fingerprint density at radius 3 is 2.52 bits per heavy atom. The molecule has 0 saturated carbocycles. The van der Waals surface area contributed by atoms with Crippen LogP contribution < -0.4 is 4.90 Å². The number of aliphatic carboxylic acids is 1. The molecule has 2 aliphatic rings. The van der Waals surface area contributed by atoms with Gasteiger partial charge in [-0.2, -0.15) is 0 Å². The van der Waals surface area contributed by atoms with E-state index in [0.29, 0.717) is 13.1 Å². The Labute approximate surface area is 166 Å². The summed E-state index contributed by atoms with van der Waals surface area (Å²) in [5.74, 6) is -4.24. The highest BCUT2D eigenvalue weighted by atomic mass is 19.1. The molecule has 0 bridgehead atoms. The van der Waals surface area contributed by atoms with Gasteiger partial charge in [0, 0.05) is 37.8 Å². The maximum Gasteiger partial charge on any atom is 0.348 e. The summed E-state index contributed by atoms with van der Waals surface area (Å²) in [4.78, 5) is 50.8. The third-order valence-corrected chi connectivity index (χ3v) is 4.77. The molecule has 1 aromatic rings. The number of morpholine rings is 1. The summed E-state index contributed by atoms with van der Waals surface area (Å²) in [5.41, 5.74) is 0.213. The average Bonchev–Trinajstić information content (AvgIpc) is 3.20. The van der Waals surface area contributed by atoms with Crippen LogP contribution in [-0.4, -0.2) is 72.2 Å². The first-order chi connectivity index (χ1) is 13.8. The molecule has 1 N–H and O–H groups in total. The van der Waals surface area contributed by atoms with E-state index in [1.807, 2.05) is 0 Å². The van der Waals surface area contributed by atoms with E-state index in [0.717, 1.165) is 36.8 Å². The third kappa shape index (κ3) is 4.53. The van der Waals surface area contributed by atoms with Crippen LogP contribution in [0.3, 0.4) is 0 Å². The first kappa shape index (κ1) is 20.7. The fraction of sp³-hybridized carbons (Fsp3) is 0.474. The Balaban J connectivity index is 1.87. The number of carboxylic acids is 1. The molecule has 1 aromatic carbocycles. The molecule has 29 heavy (non-hydrogen) atoms. The molecule has 0 spiro atoms. The summed E-state index contributed by atoms with van der Waals surface area (Å²) in [7, 11) is 0. The summed E-state index contributed by atoms with van der Waals surface area (Å²) in [6, 6.07) is 3.58. The van der Waals surface area contributed by atoms with Gasteiger partial charge in [-0.3, -0.25) is 14.4 Å². The lowest BCUT2D eigenvalue weighted by Crippen LogP contribution is -2.55. The molecule has 3 rings (SSSR count). The van der Waals surface area contributed by atoms with Crippen molar-refractivity contribution in [3.05, 3.63) is 29.6 Å². The number of likely N-dealkylation sites (tertiary alicyclic amines) is 1. The molecule has 2 saturated heterocycles. The molecule has 2 atom stereocenters. The third-order valence-electron chi connectivity index (χ3n) is 4.77. The molecular weight excluding hydrogens is 387 g/mol. The number of benzene rings is 1. The van der Waals surface area contributed by atoms with E-state index < -0.39 is 35.9 Å². The zero-order chi connectivity index (χ0) is 21.1. The van der Waals surface area contributed by atoms with Crippen molar-refractivity contribution in [1.82, 2.24) is 4.90 Å². The number of esters is 1. The van der Waals surface area contributed by atoms with E-state index in [4.69, 9.17) is 9.47 Å². The molecule has 0 aromatic heterocycles. The van der Waals surface area contributed by atoms with Gasteiger partial charge in [0.1, 0.15) is 5.82 Å². The summed E-state index contributed by atoms with van der Waals surface area (Å²) in [5, 5.41) is 9.29. The highest BCUT2D eigenvalue weighted by Gasteiger charge is 2.42. The number of carbonyl (C=O) groups is 4. The largest absolute Gasteiger partial charge is 0.478 e. The van der Waals surface area contributed by atoms with Crippen LogP contribution in [0.4, 0.5) is 10.1 Å². The lowest BCUT2D eigenvalue weighted by molar-refractivity contribution is -0.177. The van der Waals surface area contributed by atoms with Gasteiger partial charge in [-0.05, 0) is 31.0 Å². The number of halogens is 1. The van der Waals surface area contributed by atoms with Crippen LogP contribution in [0.2, 0.25) is 0 Å². The van der Waals surface area contributed by atoms with Gasteiger partial charge in [-0.1, -0.05) is 0 Å². The Bertz CT molecular complexity index is 838. The quantitative estimate of drug-likeness (QED) is 0.717. The maximum absolute atomic E-state index is 14.2. The van der Waals surface area contributed by atoms with Gasteiger partial charge in [0.15, 0.2) is 6.10 Å². The van der Waals surface area contributed by atoms with E-state index >= 15 is 0 Å². The summed E-state index contributed by atoms with van der Waals surface area (Å²) >= 11 is 0.